The van der Waals surface area contributed by atoms with Crippen molar-refractivity contribution in [1.29, 1.82) is 0 Å². The van der Waals surface area contributed by atoms with Gasteiger partial charge < -0.3 is 14.7 Å². The normalized spacial score (nSPS) is 12.0. The third kappa shape index (κ3) is 5.44. The van der Waals surface area contributed by atoms with E-state index in [1.807, 2.05) is 50.5 Å². The Kier molecular flexibility index (Phi) is 7.56. The molecule has 4 heteroatoms. The molecule has 3 rings (SSSR count). The van der Waals surface area contributed by atoms with Crippen molar-refractivity contribution in [2.24, 2.45) is 0 Å². The molecule has 30 heavy (non-hydrogen) atoms. The summed E-state index contributed by atoms with van der Waals surface area (Å²) < 4.78 is 5.85. The molecule has 3 aromatic rings. The Balaban J connectivity index is 2.06. The Morgan fingerprint density at radius 1 is 0.933 bits per heavy atom. The van der Waals surface area contributed by atoms with Gasteiger partial charge in [0.05, 0.1) is 5.02 Å². The Morgan fingerprint density at radius 2 is 1.60 bits per heavy atom. The van der Waals surface area contributed by atoms with Crippen molar-refractivity contribution in [2.45, 2.75) is 13.3 Å². The second kappa shape index (κ2) is 10.3. The number of rotatable bonds is 8. The van der Waals surface area contributed by atoms with Crippen molar-refractivity contribution < 1.29 is 9.84 Å². The third-order valence-electron chi connectivity index (χ3n) is 4.95. The number of hydrogen-bond donors (Lipinski definition) is 1. The largest absolute Gasteiger partial charge is 0.508 e. The first-order valence-corrected chi connectivity index (χ1v) is 10.5. The lowest BCUT2D eigenvalue weighted by Crippen LogP contribution is -2.19. The van der Waals surface area contributed by atoms with E-state index in [9.17, 15) is 5.11 Å². The molecular weight excluding hydrogens is 394 g/mol. The molecule has 0 bridgehead atoms. The molecule has 0 spiro atoms. The van der Waals surface area contributed by atoms with Gasteiger partial charge in [-0.3, -0.25) is 0 Å². The highest BCUT2D eigenvalue weighted by molar-refractivity contribution is 6.33. The van der Waals surface area contributed by atoms with Gasteiger partial charge in [0.25, 0.3) is 0 Å². The zero-order valence-corrected chi connectivity index (χ0v) is 18.5. The Hall–Kier alpha value is -2.75. The maximum absolute atomic E-state index is 9.78. The quantitative estimate of drug-likeness (QED) is 0.430. The van der Waals surface area contributed by atoms with E-state index >= 15 is 0 Å². The molecule has 3 aromatic carbocycles. The minimum atomic E-state index is 0.166. The molecule has 0 fully saturated rings. The highest BCUT2D eigenvalue weighted by Gasteiger charge is 2.15. The van der Waals surface area contributed by atoms with Crippen LogP contribution in [-0.2, 0) is 0 Å². The number of aromatic hydroxyl groups is 1. The molecule has 0 saturated carbocycles. The summed E-state index contributed by atoms with van der Waals surface area (Å²) in [5.41, 5.74) is 5.42. The Bertz CT molecular complexity index is 995. The predicted molar refractivity (Wildman–Crippen MR) is 126 cm³/mol. The molecule has 0 heterocycles. The fourth-order valence-electron chi connectivity index (χ4n) is 3.43. The van der Waals surface area contributed by atoms with Crippen LogP contribution in [0.1, 0.15) is 30.0 Å². The summed E-state index contributed by atoms with van der Waals surface area (Å²) in [6.07, 6.45) is 0.801. The molecule has 0 aliphatic rings. The minimum absolute atomic E-state index is 0.166. The molecule has 0 aromatic heterocycles. The maximum Gasteiger partial charge on any atom is 0.119 e. The summed E-state index contributed by atoms with van der Waals surface area (Å²) in [7, 11) is 4.06. The highest BCUT2D eigenvalue weighted by Crippen LogP contribution is 2.38. The average molecular weight is 422 g/mol. The van der Waals surface area contributed by atoms with Gasteiger partial charge in [-0.15, -0.1) is 0 Å². The van der Waals surface area contributed by atoms with Crippen molar-refractivity contribution >= 4 is 22.7 Å². The third-order valence-corrected chi connectivity index (χ3v) is 5.26. The zero-order chi connectivity index (χ0) is 21.5. The Morgan fingerprint density at radius 3 is 2.20 bits per heavy atom. The van der Waals surface area contributed by atoms with E-state index in [1.165, 1.54) is 0 Å². The van der Waals surface area contributed by atoms with Gasteiger partial charge in [0, 0.05) is 6.54 Å². The summed E-state index contributed by atoms with van der Waals surface area (Å²) in [5.74, 6) is 1.02. The van der Waals surface area contributed by atoms with Gasteiger partial charge in [-0.1, -0.05) is 61.0 Å². The van der Waals surface area contributed by atoms with Gasteiger partial charge >= 0.3 is 0 Å². The lowest BCUT2D eigenvalue weighted by atomic mass is 9.88. The first-order valence-electron chi connectivity index (χ1n) is 10.1. The lowest BCUT2D eigenvalue weighted by Gasteiger charge is -2.18. The van der Waals surface area contributed by atoms with Gasteiger partial charge in [0.2, 0.25) is 0 Å². The van der Waals surface area contributed by atoms with Crippen LogP contribution < -0.4 is 4.74 Å². The molecule has 0 radical (unpaired) electrons. The number of likely N-dealkylation sites (N-methyl/N-ethyl adjacent to an activating group) is 1. The van der Waals surface area contributed by atoms with E-state index in [0.717, 1.165) is 46.6 Å². The number of allylic oxidation sites excluding steroid dienone is 1. The number of ether oxygens (including phenoxy) is 1. The van der Waals surface area contributed by atoms with Crippen molar-refractivity contribution in [3.8, 4) is 11.5 Å². The van der Waals surface area contributed by atoms with E-state index in [0.29, 0.717) is 11.6 Å². The van der Waals surface area contributed by atoms with E-state index in [1.54, 1.807) is 12.1 Å². The lowest BCUT2D eigenvalue weighted by molar-refractivity contribution is 0.261. The molecule has 156 valence electrons. The van der Waals surface area contributed by atoms with E-state index in [4.69, 9.17) is 16.3 Å². The molecule has 1 N–H and O–H groups in total. The average Bonchev–Trinajstić information content (AvgIpc) is 2.74. The van der Waals surface area contributed by atoms with Crippen LogP contribution in [0.4, 0.5) is 0 Å². The zero-order valence-electron chi connectivity index (χ0n) is 17.7. The van der Waals surface area contributed by atoms with Gasteiger partial charge in [-0.25, -0.2) is 0 Å². The molecule has 0 aliphatic heterocycles. The smallest absolute Gasteiger partial charge is 0.119 e. The number of benzene rings is 3. The Labute approximate surface area is 184 Å². The summed E-state index contributed by atoms with van der Waals surface area (Å²) in [6, 6.07) is 23.7. The van der Waals surface area contributed by atoms with Crippen molar-refractivity contribution in [3.63, 3.8) is 0 Å². The van der Waals surface area contributed by atoms with E-state index < -0.39 is 0 Å². The van der Waals surface area contributed by atoms with Gasteiger partial charge in [0.1, 0.15) is 18.1 Å². The number of halogens is 1. The monoisotopic (exact) mass is 421 g/mol. The van der Waals surface area contributed by atoms with Crippen LogP contribution in [0.25, 0.3) is 11.1 Å². The molecular formula is C26H28ClNO2. The van der Waals surface area contributed by atoms with Crippen LogP contribution in [0.5, 0.6) is 11.5 Å². The second-order valence-electron chi connectivity index (χ2n) is 7.41. The van der Waals surface area contributed by atoms with Gasteiger partial charge in [0.15, 0.2) is 0 Å². The van der Waals surface area contributed by atoms with Crippen LogP contribution in [0.3, 0.4) is 0 Å². The summed E-state index contributed by atoms with van der Waals surface area (Å²) in [4.78, 5) is 2.10. The topological polar surface area (TPSA) is 32.7 Å². The van der Waals surface area contributed by atoms with Crippen LogP contribution >= 0.6 is 11.6 Å². The highest BCUT2D eigenvalue weighted by atomic mass is 35.5. The van der Waals surface area contributed by atoms with Crippen molar-refractivity contribution in [3.05, 3.63) is 94.5 Å². The molecule has 3 nitrogen and oxygen atoms in total. The molecule has 0 amide bonds. The molecule has 0 atom stereocenters. The SMILES string of the molecule is CC/C(=C(\c1ccccc1)c1ccc(OCCN(C)C)cc1)c1ccc(O)cc1Cl. The van der Waals surface area contributed by atoms with Crippen LogP contribution in [0.15, 0.2) is 72.8 Å². The van der Waals surface area contributed by atoms with Crippen molar-refractivity contribution in [1.82, 2.24) is 4.90 Å². The second-order valence-corrected chi connectivity index (χ2v) is 7.82. The van der Waals surface area contributed by atoms with Crippen LogP contribution in [0, 0.1) is 0 Å². The standard InChI is InChI=1S/C26H28ClNO2/c1-4-23(24-15-12-21(29)18-25(24)27)26(19-8-6-5-7-9-19)20-10-13-22(14-11-20)30-17-16-28(2)3/h5-15,18,29H,4,16-17H2,1-3H3/b26-23-. The molecule has 0 saturated heterocycles. The number of nitrogens with zero attached hydrogens (tertiary/aromatic N) is 1. The fourth-order valence-corrected chi connectivity index (χ4v) is 3.72. The van der Waals surface area contributed by atoms with E-state index in [-0.39, 0.29) is 5.75 Å². The fraction of sp³-hybridized carbons (Fsp3) is 0.231. The summed E-state index contributed by atoms with van der Waals surface area (Å²) in [6.45, 7) is 3.65. The summed E-state index contributed by atoms with van der Waals surface area (Å²) in [5, 5.41) is 10.3. The van der Waals surface area contributed by atoms with Crippen LogP contribution in [0.2, 0.25) is 5.02 Å². The first kappa shape index (κ1) is 21.9. The summed E-state index contributed by atoms with van der Waals surface area (Å²) >= 11 is 6.51. The molecule has 0 unspecified atom stereocenters. The number of phenols is 1. The molecule has 0 aliphatic carbocycles. The van der Waals surface area contributed by atoms with Gasteiger partial charge in [-0.2, -0.15) is 0 Å². The number of hydrogen-bond acceptors (Lipinski definition) is 3. The maximum atomic E-state index is 9.78. The van der Waals surface area contributed by atoms with E-state index in [2.05, 4.69) is 36.1 Å². The predicted octanol–water partition coefficient (Wildman–Crippen LogP) is 6.36. The van der Waals surface area contributed by atoms with Crippen LogP contribution in [-0.4, -0.2) is 37.3 Å². The minimum Gasteiger partial charge on any atom is -0.508 e. The van der Waals surface area contributed by atoms with Gasteiger partial charge in [-0.05, 0) is 78.7 Å². The number of phenolic OH excluding ortho intramolecular Hbond substituents is 1. The first-order chi connectivity index (χ1) is 14.5. The van der Waals surface area contributed by atoms with Crippen molar-refractivity contribution in [2.75, 3.05) is 27.2 Å².